The molecule has 1 atom stereocenters. The van der Waals surface area contributed by atoms with Crippen LogP contribution in [0.2, 0.25) is 0 Å². The van der Waals surface area contributed by atoms with Crippen molar-refractivity contribution in [3.63, 3.8) is 0 Å². The van der Waals surface area contributed by atoms with Gasteiger partial charge < -0.3 is 5.11 Å². The van der Waals surface area contributed by atoms with Gasteiger partial charge in [0.2, 0.25) is 0 Å². The molecule has 2 aromatic rings. The zero-order valence-corrected chi connectivity index (χ0v) is 12.5. The van der Waals surface area contributed by atoms with Crippen LogP contribution in [-0.2, 0) is 6.42 Å². The summed E-state index contributed by atoms with van der Waals surface area (Å²) in [4.78, 5) is 0. The molecule has 0 radical (unpaired) electrons. The van der Waals surface area contributed by atoms with E-state index < -0.39 is 0 Å². The van der Waals surface area contributed by atoms with Crippen LogP contribution in [0.5, 0.6) is 0 Å². The molecule has 21 heavy (non-hydrogen) atoms. The lowest BCUT2D eigenvalue weighted by molar-refractivity contribution is 0.0848. The van der Waals surface area contributed by atoms with Crippen LogP contribution in [-0.4, -0.2) is 5.11 Å². The maximum atomic E-state index is 10.5. The highest BCUT2D eigenvalue weighted by molar-refractivity contribution is 5.29. The average molecular weight is 280 g/mol. The van der Waals surface area contributed by atoms with E-state index in [2.05, 4.69) is 48.5 Å². The average Bonchev–Trinajstić information content (AvgIpc) is 2.57. The van der Waals surface area contributed by atoms with E-state index in [0.29, 0.717) is 5.92 Å². The molecule has 0 spiro atoms. The molecule has 0 aliphatic heterocycles. The van der Waals surface area contributed by atoms with E-state index in [0.717, 1.165) is 12.0 Å². The van der Waals surface area contributed by atoms with Crippen molar-refractivity contribution in [2.75, 3.05) is 0 Å². The summed E-state index contributed by atoms with van der Waals surface area (Å²) in [6, 6.07) is 19.1. The third kappa shape index (κ3) is 3.74. The highest BCUT2D eigenvalue weighted by Crippen LogP contribution is 2.34. The Morgan fingerprint density at radius 3 is 2.10 bits per heavy atom. The van der Waals surface area contributed by atoms with E-state index in [-0.39, 0.29) is 6.10 Å². The summed E-state index contributed by atoms with van der Waals surface area (Å²) >= 11 is 0. The number of rotatable bonds is 4. The van der Waals surface area contributed by atoms with Crippen molar-refractivity contribution in [3.8, 4) is 0 Å². The fraction of sp³-hybridized carbons (Fsp3) is 0.400. The Kier molecular flexibility index (Phi) is 4.72. The molecule has 1 nitrogen and oxygen atoms in total. The van der Waals surface area contributed by atoms with E-state index in [1.54, 1.807) is 0 Å². The van der Waals surface area contributed by atoms with Crippen LogP contribution < -0.4 is 0 Å². The first-order valence-electron chi connectivity index (χ1n) is 8.14. The van der Waals surface area contributed by atoms with Crippen LogP contribution in [0.1, 0.15) is 54.9 Å². The Balaban J connectivity index is 1.66. The van der Waals surface area contributed by atoms with Crippen LogP contribution in [0.15, 0.2) is 54.6 Å². The molecule has 1 aliphatic carbocycles. The van der Waals surface area contributed by atoms with Gasteiger partial charge in [-0.3, -0.25) is 0 Å². The predicted octanol–water partition coefficient (Wildman–Crippen LogP) is 4.89. The summed E-state index contributed by atoms with van der Waals surface area (Å²) in [6.07, 6.45) is 6.90. The second-order valence-electron chi connectivity index (χ2n) is 6.25. The topological polar surface area (TPSA) is 20.2 Å². The molecule has 2 aromatic carbocycles. The lowest BCUT2D eigenvalue weighted by atomic mass is 9.82. The minimum atomic E-state index is -0.281. The maximum Gasteiger partial charge on any atom is 0.0818 e. The molecule has 110 valence electrons. The zero-order chi connectivity index (χ0) is 14.5. The van der Waals surface area contributed by atoms with Crippen LogP contribution >= 0.6 is 0 Å². The largest absolute Gasteiger partial charge is 0.388 e. The van der Waals surface area contributed by atoms with Gasteiger partial charge in [0.15, 0.2) is 0 Å². The van der Waals surface area contributed by atoms with Gasteiger partial charge >= 0.3 is 0 Å². The van der Waals surface area contributed by atoms with Crippen molar-refractivity contribution in [1.82, 2.24) is 0 Å². The summed E-state index contributed by atoms with van der Waals surface area (Å²) in [5.41, 5.74) is 3.72. The molecular formula is C20H24O. The smallest absolute Gasteiger partial charge is 0.0818 e. The lowest BCUT2D eigenvalue weighted by Gasteiger charge is -2.26. The van der Waals surface area contributed by atoms with Gasteiger partial charge in [0.1, 0.15) is 0 Å². The Morgan fingerprint density at radius 1 is 0.810 bits per heavy atom. The normalized spacial score (nSPS) is 17.6. The quantitative estimate of drug-likeness (QED) is 0.845. The molecule has 1 fully saturated rings. The second-order valence-corrected chi connectivity index (χ2v) is 6.25. The molecule has 0 bridgehead atoms. The Bertz CT molecular complexity index is 538. The third-order valence-electron chi connectivity index (χ3n) is 4.67. The first kappa shape index (κ1) is 14.3. The molecular weight excluding hydrogens is 256 g/mol. The van der Waals surface area contributed by atoms with Crippen LogP contribution in [0.25, 0.3) is 0 Å². The minimum Gasteiger partial charge on any atom is -0.388 e. The van der Waals surface area contributed by atoms with Gasteiger partial charge in [-0.25, -0.2) is 0 Å². The molecule has 0 aromatic heterocycles. The highest BCUT2D eigenvalue weighted by atomic mass is 16.3. The number of aliphatic hydroxyl groups is 1. The van der Waals surface area contributed by atoms with Gasteiger partial charge in [0, 0.05) is 0 Å². The van der Waals surface area contributed by atoms with Gasteiger partial charge in [0.25, 0.3) is 0 Å². The molecule has 0 saturated heterocycles. The van der Waals surface area contributed by atoms with Crippen LogP contribution in [0.3, 0.4) is 0 Å². The maximum absolute atomic E-state index is 10.5. The molecule has 0 amide bonds. The summed E-state index contributed by atoms with van der Waals surface area (Å²) < 4.78 is 0. The monoisotopic (exact) mass is 280 g/mol. The van der Waals surface area contributed by atoms with E-state index >= 15 is 0 Å². The Labute approximate surface area is 127 Å². The number of hydrogen-bond acceptors (Lipinski definition) is 1. The van der Waals surface area contributed by atoms with Crippen molar-refractivity contribution in [2.24, 2.45) is 5.92 Å². The van der Waals surface area contributed by atoms with E-state index in [1.807, 2.05) is 6.07 Å². The van der Waals surface area contributed by atoms with Gasteiger partial charge in [0.05, 0.1) is 6.10 Å². The Hall–Kier alpha value is -1.60. The number of hydrogen-bond donors (Lipinski definition) is 1. The zero-order valence-electron chi connectivity index (χ0n) is 12.5. The van der Waals surface area contributed by atoms with Crippen molar-refractivity contribution in [3.05, 3.63) is 71.3 Å². The molecule has 1 aliphatic rings. The molecule has 1 saturated carbocycles. The van der Waals surface area contributed by atoms with E-state index in [4.69, 9.17) is 0 Å². The van der Waals surface area contributed by atoms with Gasteiger partial charge in [-0.2, -0.15) is 0 Å². The summed E-state index contributed by atoms with van der Waals surface area (Å²) in [7, 11) is 0. The van der Waals surface area contributed by atoms with Crippen LogP contribution in [0.4, 0.5) is 0 Å². The summed E-state index contributed by atoms with van der Waals surface area (Å²) in [6.45, 7) is 0. The van der Waals surface area contributed by atoms with Crippen molar-refractivity contribution >= 4 is 0 Å². The first-order chi connectivity index (χ1) is 10.3. The Morgan fingerprint density at radius 2 is 1.43 bits per heavy atom. The van der Waals surface area contributed by atoms with Gasteiger partial charge in [-0.15, -0.1) is 0 Å². The molecule has 0 heterocycles. The predicted molar refractivity (Wildman–Crippen MR) is 87.2 cm³/mol. The molecule has 1 heteroatoms. The number of benzene rings is 2. The van der Waals surface area contributed by atoms with Crippen molar-refractivity contribution in [2.45, 2.75) is 44.6 Å². The minimum absolute atomic E-state index is 0.281. The molecule has 3 rings (SSSR count). The summed E-state index contributed by atoms with van der Waals surface area (Å²) in [5, 5.41) is 10.5. The second kappa shape index (κ2) is 6.91. The van der Waals surface area contributed by atoms with Gasteiger partial charge in [-0.1, -0.05) is 73.9 Å². The van der Waals surface area contributed by atoms with E-state index in [1.165, 1.54) is 43.2 Å². The number of aliphatic hydroxyl groups excluding tert-OH is 1. The van der Waals surface area contributed by atoms with E-state index in [9.17, 15) is 5.11 Å². The lowest BCUT2D eigenvalue weighted by Crippen LogP contribution is -2.15. The fourth-order valence-corrected chi connectivity index (χ4v) is 3.39. The SMILES string of the molecule is OC(c1ccc(Cc2ccccc2)cc1)C1CCCCC1. The van der Waals surface area contributed by atoms with Crippen molar-refractivity contribution < 1.29 is 5.11 Å². The third-order valence-corrected chi connectivity index (χ3v) is 4.67. The first-order valence-corrected chi connectivity index (χ1v) is 8.14. The summed E-state index contributed by atoms with van der Waals surface area (Å²) in [5.74, 6) is 0.457. The fourth-order valence-electron chi connectivity index (χ4n) is 3.39. The standard InChI is InChI=1S/C20H24O/c21-20(18-9-5-2-6-10-18)19-13-11-17(12-14-19)15-16-7-3-1-4-8-16/h1,3-4,7-8,11-14,18,20-21H,2,5-6,9-10,15H2. The molecule has 1 N–H and O–H groups in total. The van der Waals surface area contributed by atoms with Crippen molar-refractivity contribution in [1.29, 1.82) is 0 Å². The van der Waals surface area contributed by atoms with Crippen LogP contribution in [0, 0.1) is 5.92 Å². The molecule has 1 unspecified atom stereocenters. The van der Waals surface area contributed by atoms with Gasteiger partial charge in [-0.05, 0) is 41.9 Å². The highest BCUT2D eigenvalue weighted by Gasteiger charge is 2.22.